The second-order valence-electron chi connectivity index (χ2n) is 7.20. The molecule has 1 aromatic heterocycles. The number of allylic oxidation sites excluding steroid dienone is 3. The number of aliphatic imine (C=N–C) groups is 1. The first-order valence-corrected chi connectivity index (χ1v) is 9.24. The zero-order valence-corrected chi connectivity index (χ0v) is 16.6. The van der Waals surface area contributed by atoms with Crippen molar-refractivity contribution in [2.45, 2.75) is 43.0 Å². The van der Waals surface area contributed by atoms with E-state index in [9.17, 15) is 31.1 Å². The molecule has 7 nitrogen and oxygen atoms in total. The summed E-state index contributed by atoms with van der Waals surface area (Å²) < 4.78 is 92.0. The molecular formula is C19H18F6N4O3. The number of nitrogens with zero attached hydrogens (tertiary/aromatic N) is 3. The van der Waals surface area contributed by atoms with Crippen molar-refractivity contribution in [3.63, 3.8) is 0 Å². The van der Waals surface area contributed by atoms with E-state index in [4.69, 9.17) is 10.5 Å². The molecule has 2 heterocycles. The number of carbonyl (C=O) groups is 1. The molecule has 0 spiro atoms. The first-order chi connectivity index (χ1) is 15.0. The topological polar surface area (TPSA) is 99.7 Å². The third-order valence-corrected chi connectivity index (χ3v) is 5.01. The zero-order chi connectivity index (χ0) is 23.7. The lowest BCUT2D eigenvalue weighted by molar-refractivity contribution is -0.207. The Hall–Kier alpha value is -3.12. The Morgan fingerprint density at radius 2 is 2.03 bits per heavy atom. The quantitative estimate of drug-likeness (QED) is 0.514. The minimum Gasteiger partial charge on any atom is -0.480 e. The summed E-state index contributed by atoms with van der Waals surface area (Å²) >= 11 is 0. The highest BCUT2D eigenvalue weighted by Crippen LogP contribution is 2.43. The molecule has 4 atom stereocenters. The van der Waals surface area contributed by atoms with Gasteiger partial charge in [0.25, 0.3) is 6.02 Å². The molecule has 0 radical (unpaired) electrons. The second kappa shape index (κ2) is 8.79. The van der Waals surface area contributed by atoms with E-state index in [-0.39, 0.29) is 17.1 Å². The lowest BCUT2D eigenvalue weighted by atomic mass is 9.77. The van der Waals surface area contributed by atoms with Crippen molar-refractivity contribution in [2.75, 3.05) is 13.8 Å². The van der Waals surface area contributed by atoms with Gasteiger partial charge in [0, 0.05) is 12.8 Å². The Kier molecular flexibility index (Phi) is 6.46. The van der Waals surface area contributed by atoms with Gasteiger partial charge < -0.3 is 15.2 Å². The van der Waals surface area contributed by atoms with Crippen LogP contribution in [0.15, 0.2) is 40.7 Å². The fourth-order valence-electron chi connectivity index (χ4n) is 3.43. The highest BCUT2D eigenvalue weighted by atomic mass is 19.4. The molecule has 0 amide bonds. The summed E-state index contributed by atoms with van der Waals surface area (Å²) in [6, 6.07) is -1.000. The van der Waals surface area contributed by atoms with E-state index in [1.54, 1.807) is 0 Å². The normalized spacial score (nSPS) is 28.2. The van der Waals surface area contributed by atoms with E-state index in [1.165, 1.54) is 13.3 Å². The Labute approximate surface area is 178 Å². The van der Waals surface area contributed by atoms with Crippen LogP contribution in [0.1, 0.15) is 23.3 Å². The van der Waals surface area contributed by atoms with Crippen molar-refractivity contribution in [1.82, 2.24) is 9.97 Å². The highest BCUT2D eigenvalue weighted by molar-refractivity contribution is 5.96. The molecule has 0 saturated heterocycles. The Balaban J connectivity index is 1.93. The zero-order valence-electron chi connectivity index (χ0n) is 16.6. The van der Waals surface area contributed by atoms with Gasteiger partial charge in [0.15, 0.2) is 24.2 Å². The number of amidine groups is 1. The number of hydrogen-bond donors (Lipinski definition) is 1. The highest BCUT2D eigenvalue weighted by Gasteiger charge is 2.54. The van der Waals surface area contributed by atoms with Crippen molar-refractivity contribution < 1.29 is 40.6 Å². The first-order valence-electron chi connectivity index (χ1n) is 9.24. The maximum atomic E-state index is 14.7. The molecule has 0 aromatic carbocycles. The molecule has 0 fully saturated rings. The van der Waals surface area contributed by atoms with Crippen molar-refractivity contribution in [2.24, 2.45) is 10.7 Å². The summed E-state index contributed by atoms with van der Waals surface area (Å²) in [5, 5.41) is 0. The molecule has 2 N–H and O–H groups in total. The summed E-state index contributed by atoms with van der Waals surface area (Å²) in [6.07, 6.45) is -9.95. The molecule has 1 aromatic rings. The van der Waals surface area contributed by atoms with Crippen LogP contribution in [0.25, 0.3) is 0 Å². The molecule has 2 unspecified atom stereocenters. The SMILES string of the molecule is COc1cnc(C(=O)CC2=CC(F)C(F)C([C@]3(CF)C[C@@H](C(F)(F)F)OC(N)=N3)=C2)cn1. The summed E-state index contributed by atoms with van der Waals surface area (Å²) in [6.45, 7) is -1.59. The number of hydrogen-bond acceptors (Lipinski definition) is 7. The minimum atomic E-state index is -4.95. The fraction of sp³-hybridized carbons (Fsp3) is 0.474. The van der Waals surface area contributed by atoms with Gasteiger partial charge in [-0.2, -0.15) is 13.2 Å². The standard InChI is InChI=1S/C19H18F6N4O3/c1-31-15-7-27-12(6-28-15)13(30)4-9-2-10(16(22)11(21)3-9)18(8-20)5-14(19(23,24)25)32-17(26)29-18/h2-3,6-7,11,14,16H,4-5,8H2,1H3,(H2,26,29)/t11?,14-,16?,18+/m0/s1. The number of aromatic nitrogens is 2. The number of methoxy groups -OCH3 is 1. The van der Waals surface area contributed by atoms with Gasteiger partial charge in [0.1, 0.15) is 17.9 Å². The molecular weight excluding hydrogens is 446 g/mol. The predicted octanol–water partition coefficient (Wildman–Crippen LogP) is 2.97. The summed E-state index contributed by atoms with van der Waals surface area (Å²) in [5.41, 5.74) is 1.98. The Morgan fingerprint density at radius 3 is 2.59 bits per heavy atom. The van der Waals surface area contributed by atoms with Gasteiger partial charge >= 0.3 is 6.18 Å². The van der Waals surface area contributed by atoms with E-state index in [0.717, 1.165) is 18.3 Å². The van der Waals surface area contributed by atoms with Crippen molar-refractivity contribution in [3.8, 4) is 5.88 Å². The van der Waals surface area contributed by atoms with Crippen LogP contribution < -0.4 is 10.5 Å². The molecule has 32 heavy (non-hydrogen) atoms. The number of ether oxygens (including phenoxy) is 2. The van der Waals surface area contributed by atoms with Crippen LogP contribution in [-0.2, 0) is 4.74 Å². The van der Waals surface area contributed by atoms with Gasteiger partial charge in [-0.15, -0.1) is 0 Å². The smallest absolute Gasteiger partial charge is 0.425 e. The van der Waals surface area contributed by atoms with Gasteiger partial charge in [-0.3, -0.25) is 4.79 Å². The molecule has 174 valence electrons. The number of carbonyl (C=O) groups excluding carboxylic acids is 1. The van der Waals surface area contributed by atoms with E-state index < -0.39 is 67.1 Å². The lowest BCUT2D eigenvalue weighted by Crippen LogP contribution is -2.52. The average Bonchev–Trinajstić information content (AvgIpc) is 2.75. The van der Waals surface area contributed by atoms with E-state index in [0.29, 0.717) is 0 Å². The lowest BCUT2D eigenvalue weighted by Gasteiger charge is -2.40. The molecule has 0 bridgehead atoms. The molecule has 1 aliphatic heterocycles. The fourth-order valence-corrected chi connectivity index (χ4v) is 3.43. The number of Topliss-reactive ketones (excluding diaryl/α,β-unsaturated/α-hetero) is 1. The maximum absolute atomic E-state index is 14.7. The molecule has 1 aliphatic carbocycles. The Morgan fingerprint density at radius 1 is 1.31 bits per heavy atom. The van der Waals surface area contributed by atoms with E-state index in [1.807, 2.05) is 0 Å². The molecule has 0 saturated carbocycles. The van der Waals surface area contributed by atoms with E-state index in [2.05, 4.69) is 19.7 Å². The summed E-state index contributed by atoms with van der Waals surface area (Å²) in [5.74, 6) is -0.493. The van der Waals surface area contributed by atoms with Gasteiger partial charge in [-0.1, -0.05) is 6.08 Å². The largest absolute Gasteiger partial charge is 0.480 e. The number of ketones is 1. The molecule has 2 aliphatic rings. The summed E-state index contributed by atoms with van der Waals surface area (Å²) in [7, 11) is 1.34. The Bertz CT molecular complexity index is 963. The van der Waals surface area contributed by atoms with Gasteiger partial charge in [-0.05, 0) is 17.2 Å². The predicted molar refractivity (Wildman–Crippen MR) is 99.4 cm³/mol. The second-order valence-corrected chi connectivity index (χ2v) is 7.20. The van der Waals surface area contributed by atoms with Crippen LogP contribution in [0.5, 0.6) is 5.88 Å². The van der Waals surface area contributed by atoms with Crippen LogP contribution in [0.4, 0.5) is 26.3 Å². The van der Waals surface area contributed by atoms with Crippen molar-refractivity contribution in [1.29, 1.82) is 0 Å². The van der Waals surface area contributed by atoms with Gasteiger partial charge in [-0.25, -0.2) is 28.1 Å². The monoisotopic (exact) mass is 464 g/mol. The first kappa shape index (κ1) is 23.5. The molecule has 13 heteroatoms. The number of rotatable bonds is 6. The third-order valence-electron chi connectivity index (χ3n) is 5.01. The van der Waals surface area contributed by atoms with Gasteiger partial charge in [0.2, 0.25) is 5.88 Å². The van der Waals surface area contributed by atoms with Crippen molar-refractivity contribution in [3.05, 3.63) is 41.4 Å². The number of alkyl halides is 6. The van der Waals surface area contributed by atoms with E-state index >= 15 is 0 Å². The van der Waals surface area contributed by atoms with Crippen LogP contribution in [0.3, 0.4) is 0 Å². The van der Waals surface area contributed by atoms with Crippen LogP contribution >= 0.6 is 0 Å². The minimum absolute atomic E-state index is 0.0827. The number of halogens is 6. The molecule has 3 rings (SSSR count). The van der Waals surface area contributed by atoms with Gasteiger partial charge in [0.05, 0.1) is 19.5 Å². The summed E-state index contributed by atoms with van der Waals surface area (Å²) in [4.78, 5) is 23.7. The van der Waals surface area contributed by atoms with Crippen LogP contribution in [-0.4, -0.2) is 65.7 Å². The van der Waals surface area contributed by atoms with Crippen LogP contribution in [0, 0.1) is 0 Å². The maximum Gasteiger partial charge on any atom is 0.425 e. The average molecular weight is 464 g/mol. The third kappa shape index (κ3) is 4.70. The number of nitrogens with two attached hydrogens (primary N) is 1. The van der Waals surface area contributed by atoms with Crippen LogP contribution in [0.2, 0.25) is 0 Å². The van der Waals surface area contributed by atoms with Crippen molar-refractivity contribution >= 4 is 11.8 Å².